The number of benzene rings is 1. The zero-order chi connectivity index (χ0) is 21.0. The fourth-order valence-electron chi connectivity index (χ4n) is 4.30. The number of rotatable bonds is 6. The summed E-state index contributed by atoms with van der Waals surface area (Å²) in [6.07, 6.45) is -1.38. The van der Waals surface area contributed by atoms with Crippen LogP contribution in [0.25, 0.3) is 0 Å². The van der Waals surface area contributed by atoms with Crippen LogP contribution in [-0.2, 0) is 20.4 Å². The summed E-state index contributed by atoms with van der Waals surface area (Å²) in [6, 6.07) is 3.96. The summed E-state index contributed by atoms with van der Waals surface area (Å²) in [7, 11) is 3.00. The molecule has 1 aliphatic heterocycles. The summed E-state index contributed by atoms with van der Waals surface area (Å²) in [4.78, 5) is 11.7. The van der Waals surface area contributed by atoms with Crippen molar-refractivity contribution in [3.8, 4) is 5.75 Å². The predicted molar refractivity (Wildman–Crippen MR) is 101 cm³/mol. The number of ether oxygens (including phenoxy) is 3. The lowest BCUT2D eigenvalue weighted by Crippen LogP contribution is -2.29. The first-order valence-electron chi connectivity index (χ1n) is 9.99. The first-order valence-corrected chi connectivity index (χ1v) is 9.99. The second-order valence-corrected chi connectivity index (χ2v) is 7.86. The molecule has 0 unspecified atom stereocenters. The molecule has 0 amide bonds. The Balaban J connectivity index is 1.75. The van der Waals surface area contributed by atoms with Gasteiger partial charge in [0.25, 0.3) is 0 Å². The van der Waals surface area contributed by atoms with Gasteiger partial charge in [-0.1, -0.05) is 6.07 Å². The minimum absolute atomic E-state index is 0.0684. The van der Waals surface area contributed by atoms with E-state index in [2.05, 4.69) is 5.32 Å². The number of methoxy groups -OCH3 is 2. The van der Waals surface area contributed by atoms with Gasteiger partial charge in [-0.3, -0.25) is 4.79 Å². The molecule has 1 aromatic rings. The van der Waals surface area contributed by atoms with Crippen molar-refractivity contribution in [3.63, 3.8) is 0 Å². The van der Waals surface area contributed by atoms with Gasteiger partial charge in [0.2, 0.25) is 0 Å². The van der Waals surface area contributed by atoms with Crippen LogP contribution in [0.2, 0.25) is 0 Å². The van der Waals surface area contributed by atoms with Crippen molar-refractivity contribution in [1.82, 2.24) is 5.32 Å². The molecule has 5 nitrogen and oxygen atoms in total. The van der Waals surface area contributed by atoms with Crippen molar-refractivity contribution in [1.29, 1.82) is 0 Å². The highest BCUT2D eigenvalue weighted by Gasteiger charge is 2.35. The number of esters is 1. The van der Waals surface area contributed by atoms with Crippen LogP contribution in [0.3, 0.4) is 0 Å². The Hall–Kier alpha value is -1.80. The molecule has 1 N–H and O–H groups in total. The van der Waals surface area contributed by atoms with Crippen LogP contribution in [0.5, 0.6) is 5.75 Å². The number of carbonyl (C=O) groups is 1. The highest BCUT2D eigenvalue weighted by molar-refractivity contribution is 5.72. The van der Waals surface area contributed by atoms with Crippen LogP contribution in [0.4, 0.5) is 13.2 Å². The largest absolute Gasteiger partial charge is 0.490 e. The number of nitrogens with one attached hydrogen (secondary N) is 1. The molecule has 1 aliphatic carbocycles. The monoisotopic (exact) mass is 415 g/mol. The van der Waals surface area contributed by atoms with Crippen LogP contribution in [-0.4, -0.2) is 45.5 Å². The van der Waals surface area contributed by atoms with Crippen molar-refractivity contribution in [2.24, 2.45) is 5.92 Å². The summed E-state index contributed by atoms with van der Waals surface area (Å²) in [5, 5.41) is 3.35. The van der Waals surface area contributed by atoms with Crippen molar-refractivity contribution >= 4 is 5.97 Å². The Bertz CT molecular complexity index is 702. The molecule has 0 spiro atoms. The Morgan fingerprint density at radius 1 is 1.17 bits per heavy atom. The maximum absolute atomic E-state index is 13.3. The van der Waals surface area contributed by atoms with Gasteiger partial charge in [-0.15, -0.1) is 0 Å². The number of halogens is 3. The summed E-state index contributed by atoms with van der Waals surface area (Å²) < 4.78 is 55.8. The summed E-state index contributed by atoms with van der Waals surface area (Å²) >= 11 is 0. The number of hydrogen-bond donors (Lipinski definition) is 1. The highest BCUT2D eigenvalue weighted by Crippen LogP contribution is 2.39. The van der Waals surface area contributed by atoms with Gasteiger partial charge in [0.05, 0.1) is 31.3 Å². The Labute approximate surface area is 168 Å². The highest BCUT2D eigenvalue weighted by atomic mass is 19.4. The van der Waals surface area contributed by atoms with Crippen LogP contribution in [0, 0.1) is 5.92 Å². The predicted octanol–water partition coefficient (Wildman–Crippen LogP) is 3.91. The van der Waals surface area contributed by atoms with E-state index in [4.69, 9.17) is 14.2 Å². The topological polar surface area (TPSA) is 56.8 Å². The molecular formula is C21H28F3NO4. The fraction of sp³-hybridized carbons (Fsp3) is 0.667. The van der Waals surface area contributed by atoms with Crippen molar-refractivity contribution in [2.45, 2.75) is 56.3 Å². The van der Waals surface area contributed by atoms with Crippen molar-refractivity contribution in [3.05, 3.63) is 29.3 Å². The van der Waals surface area contributed by atoms with E-state index in [9.17, 15) is 18.0 Å². The molecule has 1 saturated carbocycles. The standard InChI is InChI=1S/C21H28F3NO4/c1-27-12-16-9-14(11-25-16)18-8-5-15(21(22,23)24)10-19(18)29-17-6-3-13(4-7-17)20(26)28-2/h5,8,10,13-14,16-17,25H,3-4,6-7,9,11-12H2,1-2H3/t13?,14-,16+,17?/m1/s1. The van der Waals surface area contributed by atoms with E-state index in [0.717, 1.165) is 24.1 Å². The zero-order valence-electron chi connectivity index (χ0n) is 16.8. The Morgan fingerprint density at radius 2 is 1.90 bits per heavy atom. The first-order chi connectivity index (χ1) is 13.8. The average Bonchev–Trinajstić information content (AvgIpc) is 3.16. The molecule has 29 heavy (non-hydrogen) atoms. The quantitative estimate of drug-likeness (QED) is 0.714. The zero-order valence-corrected chi connectivity index (χ0v) is 16.8. The maximum atomic E-state index is 13.3. The molecule has 8 heteroatoms. The lowest BCUT2D eigenvalue weighted by atomic mass is 9.87. The smallest absolute Gasteiger partial charge is 0.416 e. The Morgan fingerprint density at radius 3 is 2.52 bits per heavy atom. The third-order valence-electron chi connectivity index (χ3n) is 5.87. The van der Waals surface area contributed by atoms with Crippen LogP contribution in [0.1, 0.15) is 49.1 Å². The van der Waals surface area contributed by atoms with Gasteiger partial charge in [-0.25, -0.2) is 0 Å². The molecule has 1 saturated heterocycles. The van der Waals surface area contributed by atoms with E-state index < -0.39 is 11.7 Å². The average molecular weight is 415 g/mol. The SMILES string of the molecule is COC[C@@H]1C[C@@H](c2ccc(C(F)(F)F)cc2OC2CCC(C(=O)OC)CC2)CN1. The summed E-state index contributed by atoms with van der Waals surface area (Å²) in [5.74, 6) is -0.0239. The van der Waals surface area contributed by atoms with Gasteiger partial charge in [0.1, 0.15) is 5.75 Å². The van der Waals surface area contributed by atoms with E-state index in [1.807, 2.05) is 0 Å². The van der Waals surface area contributed by atoms with Crippen LogP contribution < -0.4 is 10.1 Å². The number of alkyl halides is 3. The minimum atomic E-state index is -4.42. The normalized spacial score (nSPS) is 27.6. The summed E-state index contributed by atoms with van der Waals surface area (Å²) in [5.41, 5.74) is 0.0816. The minimum Gasteiger partial charge on any atom is -0.490 e. The van der Waals surface area contributed by atoms with Crippen LogP contribution >= 0.6 is 0 Å². The van der Waals surface area contributed by atoms with Gasteiger partial charge < -0.3 is 19.5 Å². The first kappa shape index (κ1) is 21.9. The number of carbonyl (C=O) groups excluding carboxylic acids is 1. The second-order valence-electron chi connectivity index (χ2n) is 7.86. The van der Waals surface area contributed by atoms with Gasteiger partial charge in [0, 0.05) is 25.6 Å². The third-order valence-corrected chi connectivity index (χ3v) is 5.87. The van der Waals surface area contributed by atoms with Gasteiger partial charge in [-0.2, -0.15) is 13.2 Å². The molecule has 0 aromatic heterocycles. The lowest BCUT2D eigenvalue weighted by Gasteiger charge is -2.29. The molecule has 3 rings (SSSR count). The Kier molecular flexibility index (Phi) is 7.05. The summed E-state index contributed by atoms with van der Waals surface area (Å²) in [6.45, 7) is 1.23. The third kappa shape index (κ3) is 5.42. The van der Waals surface area contributed by atoms with Crippen LogP contribution in [0.15, 0.2) is 18.2 Å². The van der Waals surface area contributed by atoms with E-state index >= 15 is 0 Å². The molecule has 1 heterocycles. The second kappa shape index (κ2) is 9.34. The van der Waals surface area contributed by atoms with E-state index in [0.29, 0.717) is 44.6 Å². The van der Waals surface area contributed by atoms with E-state index in [-0.39, 0.29) is 30.0 Å². The van der Waals surface area contributed by atoms with E-state index in [1.165, 1.54) is 7.11 Å². The number of hydrogen-bond acceptors (Lipinski definition) is 5. The molecule has 2 aliphatic rings. The van der Waals surface area contributed by atoms with Gasteiger partial charge in [0.15, 0.2) is 0 Å². The molecule has 0 radical (unpaired) electrons. The molecular weight excluding hydrogens is 387 g/mol. The maximum Gasteiger partial charge on any atom is 0.416 e. The van der Waals surface area contributed by atoms with E-state index in [1.54, 1.807) is 13.2 Å². The van der Waals surface area contributed by atoms with Crippen molar-refractivity contribution < 1.29 is 32.2 Å². The van der Waals surface area contributed by atoms with Gasteiger partial charge >= 0.3 is 12.1 Å². The molecule has 2 fully saturated rings. The van der Waals surface area contributed by atoms with Crippen molar-refractivity contribution in [2.75, 3.05) is 27.4 Å². The molecule has 0 bridgehead atoms. The molecule has 162 valence electrons. The molecule has 1 aromatic carbocycles. The molecule has 2 atom stereocenters. The lowest BCUT2D eigenvalue weighted by molar-refractivity contribution is -0.147. The van der Waals surface area contributed by atoms with Gasteiger partial charge in [-0.05, 0) is 49.8 Å². The fourth-order valence-corrected chi connectivity index (χ4v) is 4.30.